The van der Waals surface area contributed by atoms with Crippen LogP contribution < -0.4 is 13.9 Å². The Kier molecular flexibility index (Phi) is 7.62. The van der Waals surface area contributed by atoms with Crippen LogP contribution in [0.25, 0.3) is 10.9 Å². The summed E-state index contributed by atoms with van der Waals surface area (Å²) in [5.41, 5.74) is 2.20. The molecule has 236 valence electrons. The van der Waals surface area contributed by atoms with E-state index in [1.807, 2.05) is 49.2 Å². The fourth-order valence-electron chi connectivity index (χ4n) is 6.95. The Morgan fingerprint density at radius 2 is 1.70 bits per heavy atom. The first-order valence-electron chi connectivity index (χ1n) is 15.4. The lowest BCUT2D eigenvalue weighted by atomic mass is 9.80. The predicted octanol–water partition coefficient (Wildman–Crippen LogP) is 5.01. The second kappa shape index (κ2) is 11.8. The number of benzene rings is 3. The van der Waals surface area contributed by atoms with Crippen molar-refractivity contribution in [3.05, 3.63) is 120 Å². The number of piperazine rings is 1. The van der Waals surface area contributed by atoms with Gasteiger partial charge in [-0.15, -0.1) is 0 Å². The van der Waals surface area contributed by atoms with Crippen molar-refractivity contribution < 1.29 is 17.9 Å². The standard InChI is InChI=1S/C36H32N6O4S/c1-3-46-32-11-5-4-10-28(32)36(41-20-18-40(19-21-41)30-15-17-38-24-25(30)2)29-22-26(23-37)13-14-31(29)42(35(36)43)47(44,45)33-12-6-8-27-9-7-16-39-34(27)33/h4-17,22,24H,3,18-21H2,1-2H3. The highest BCUT2D eigenvalue weighted by molar-refractivity contribution is 7.93. The first-order valence-corrected chi connectivity index (χ1v) is 16.9. The molecule has 2 aliphatic rings. The van der Waals surface area contributed by atoms with Crippen LogP contribution in [0.4, 0.5) is 11.4 Å². The lowest BCUT2D eigenvalue weighted by Gasteiger charge is -2.46. The SMILES string of the molecule is CCOc1ccccc1C1(N2CCN(c3ccncc3C)CC2)C(=O)N(S(=O)(=O)c2cccc3cccnc23)c2ccc(C#N)cc21. The average Bonchev–Trinajstić information content (AvgIpc) is 3.37. The lowest BCUT2D eigenvalue weighted by molar-refractivity contribution is -0.127. The highest BCUT2D eigenvalue weighted by atomic mass is 32.2. The van der Waals surface area contributed by atoms with Crippen LogP contribution in [0.3, 0.4) is 0 Å². The second-order valence-electron chi connectivity index (χ2n) is 11.5. The summed E-state index contributed by atoms with van der Waals surface area (Å²) >= 11 is 0. The summed E-state index contributed by atoms with van der Waals surface area (Å²) in [5, 5.41) is 10.6. The third-order valence-corrected chi connectivity index (χ3v) is 10.7. The van der Waals surface area contributed by atoms with E-state index in [0.29, 0.717) is 60.6 Å². The van der Waals surface area contributed by atoms with E-state index in [-0.39, 0.29) is 16.1 Å². The van der Waals surface area contributed by atoms with Crippen molar-refractivity contribution in [3.63, 3.8) is 0 Å². The molecule has 0 bridgehead atoms. The Bertz CT molecular complexity index is 2170. The second-order valence-corrected chi connectivity index (χ2v) is 13.3. The fraction of sp³-hybridized carbons (Fsp3) is 0.222. The number of nitrogens with zero attached hydrogens (tertiary/aromatic N) is 6. The van der Waals surface area contributed by atoms with Crippen LogP contribution in [0.1, 0.15) is 29.2 Å². The Morgan fingerprint density at radius 1 is 0.915 bits per heavy atom. The number of carbonyl (C=O) groups is 1. The first-order chi connectivity index (χ1) is 22.8. The molecule has 5 aromatic rings. The van der Waals surface area contributed by atoms with Gasteiger partial charge in [-0.25, -0.2) is 12.7 Å². The molecule has 2 aliphatic heterocycles. The number of amides is 1. The van der Waals surface area contributed by atoms with Gasteiger partial charge >= 0.3 is 0 Å². The van der Waals surface area contributed by atoms with Gasteiger partial charge in [-0.05, 0) is 61.9 Å². The largest absolute Gasteiger partial charge is 0.493 e. The van der Waals surface area contributed by atoms with Crippen molar-refractivity contribution in [2.24, 2.45) is 0 Å². The lowest BCUT2D eigenvalue weighted by Crippen LogP contribution is -2.60. The Hall–Kier alpha value is -5.31. The van der Waals surface area contributed by atoms with Crippen LogP contribution in [-0.4, -0.2) is 62.0 Å². The Morgan fingerprint density at radius 3 is 2.47 bits per heavy atom. The topological polar surface area (TPSA) is 120 Å². The molecule has 0 spiro atoms. The van der Waals surface area contributed by atoms with Crippen LogP contribution in [0, 0.1) is 18.3 Å². The molecule has 0 saturated carbocycles. The van der Waals surface area contributed by atoms with Gasteiger partial charge in [-0.3, -0.25) is 19.7 Å². The number of carbonyl (C=O) groups excluding carboxylic acids is 1. The monoisotopic (exact) mass is 644 g/mol. The highest BCUT2D eigenvalue weighted by Crippen LogP contribution is 2.53. The van der Waals surface area contributed by atoms with Crippen LogP contribution in [0.15, 0.2) is 102 Å². The summed E-state index contributed by atoms with van der Waals surface area (Å²) in [6, 6.07) is 24.6. The number of rotatable bonds is 7. The van der Waals surface area contributed by atoms with E-state index in [1.165, 1.54) is 12.3 Å². The van der Waals surface area contributed by atoms with E-state index in [4.69, 9.17) is 4.74 Å². The normalized spacial score (nSPS) is 18.3. The summed E-state index contributed by atoms with van der Waals surface area (Å²) in [7, 11) is -4.50. The molecule has 47 heavy (non-hydrogen) atoms. The van der Waals surface area contributed by atoms with E-state index in [0.717, 1.165) is 15.6 Å². The zero-order valence-corrected chi connectivity index (χ0v) is 26.8. The maximum absolute atomic E-state index is 15.4. The summed E-state index contributed by atoms with van der Waals surface area (Å²) < 4.78 is 36.6. The number of fused-ring (bicyclic) bond motifs is 2. The van der Waals surface area contributed by atoms with E-state index < -0.39 is 21.5 Å². The van der Waals surface area contributed by atoms with Crippen molar-refractivity contribution in [1.29, 1.82) is 5.26 Å². The number of anilines is 2. The summed E-state index contributed by atoms with van der Waals surface area (Å²) in [4.78, 5) is 28.3. The van der Waals surface area contributed by atoms with Gasteiger partial charge in [-0.2, -0.15) is 5.26 Å². The van der Waals surface area contributed by atoms with Gasteiger partial charge in [-0.1, -0.05) is 36.4 Å². The molecule has 1 fully saturated rings. The molecule has 2 aromatic heterocycles. The molecule has 0 aliphatic carbocycles. The van der Waals surface area contributed by atoms with Gasteiger partial charge in [0.15, 0.2) is 5.54 Å². The molecule has 0 N–H and O–H groups in total. The van der Waals surface area contributed by atoms with Crippen molar-refractivity contribution in [1.82, 2.24) is 14.9 Å². The van der Waals surface area contributed by atoms with Crippen molar-refractivity contribution in [2.45, 2.75) is 24.3 Å². The number of ether oxygens (including phenoxy) is 1. The molecule has 0 radical (unpaired) electrons. The first kappa shape index (κ1) is 30.3. The number of aromatic nitrogens is 2. The van der Waals surface area contributed by atoms with E-state index in [1.54, 1.807) is 54.7 Å². The number of nitriles is 1. The number of hydrogen-bond donors (Lipinski definition) is 0. The molecule has 1 saturated heterocycles. The maximum Gasteiger partial charge on any atom is 0.273 e. The molecule has 11 heteroatoms. The molecular weight excluding hydrogens is 613 g/mol. The minimum Gasteiger partial charge on any atom is -0.493 e. The molecule has 4 heterocycles. The van der Waals surface area contributed by atoms with E-state index in [2.05, 4.69) is 20.9 Å². The third kappa shape index (κ3) is 4.71. The van der Waals surface area contributed by atoms with Gasteiger partial charge in [0.1, 0.15) is 10.6 Å². The van der Waals surface area contributed by atoms with Gasteiger partial charge in [0, 0.05) is 67.0 Å². The molecule has 3 aromatic carbocycles. The molecule has 7 rings (SSSR count). The van der Waals surface area contributed by atoms with Crippen LogP contribution >= 0.6 is 0 Å². The van der Waals surface area contributed by atoms with Crippen molar-refractivity contribution in [2.75, 3.05) is 42.0 Å². The zero-order valence-electron chi connectivity index (χ0n) is 26.0. The molecule has 1 amide bonds. The van der Waals surface area contributed by atoms with Gasteiger partial charge in [0.2, 0.25) is 0 Å². The summed E-state index contributed by atoms with van der Waals surface area (Å²) in [6.07, 6.45) is 5.12. The number of para-hydroxylation sites is 2. The number of pyridine rings is 2. The minimum absolute atomic E-state index is 0.0777. The molecule has 10 nitrogen and oxygen atoms in total. The van der Waals surface area contributed by atoms with E-state index >= 15 is 4.79 Å². The average molecular weight is 645 g/mol. The Balaban J connectivity index is 1.45. The molecule has 1 atom stereocenters. The quantitative estimate of drug-likeness (QED) is 0.241. The number of aryl methyl sites for hydroxylation is 1. The highest BCUT2D eigenvalue weighted by Gasteiger charge is 2.60. The zero-order chi connectivity index (χ0) is 32.8. The van der Waals surface area contributed by atoms with E-state index in [9.17, 15) is 13.7 Å². The van der Waals surface area contributed by atoms with Gasteiger partial charge < -0.3 is 9.64 Å². The van der Waals surface area contributed by atoms with Crippen molar-refractivity contribution >= 4 is 38.2 Å². The van der Waals surface area contributed by atoms with Crippen LogP contribution in [0.5, 0.6) is 5.75 Å². The van der Waals surface area contributed by atoms with Gasteiger partial charge in [0.05, 0.1) is 29.4 Å². The van der Waals surface area contributed by atoms with Crippen LogP contribution in [-0.2, 0) is 20.4 Å². The van der Waals surface area contributed by atoms with Crippen LogP contribution in [0.2, 0.25) is 0 Å². The minimum atomic E-state index is -4.50. The molecular formula is C36H32N6O4S. The Labute approximate surface area is 273 Å². The summed E-state index contributed by atoms with van der Waals surface area (Å²) in [5.74, 6) is -0.189. The summed E-state index contributed by atoms with van der Waals surface area (Å²) in [6.45, 7) is 6.21. The maximum atomic E-state index is 15.4. The predicted molar refractivity (Wildman–Crippen MR) is 179 cm³/mol. The third-order valence-electron chi connectivity index (χ3n) is 9.00. The number of hydrogen-bond acceptors (Lipinski definition) is 9. The van der Waals surface area contributed by atoms with Gasteiger partial charge in [0.25, 0.3) is 15.9 Å². The van der Waals surface area contributed by atoms with Crippen molar-refractivity contribution in [3.8, 4) is 11.8 Å². The fourth-order valence-corrected chi connectivity index (χ4v) is 8.58. The molecule has 1 unspecified atom stereocenters. The smallest absolute Gasteiger partial charge is 0.273 e. The number of sulfonamides is 1.